The van der Waals surface area contributed by atoms with Crippen LogP contribution in [0.4, 0.5) is 5.69 Å². The molecular formula is C22H31Cl3N4O. The Kier molecular flexibility index (Phi) is 13.2. The minimum absolute atomic E-state index is 0. The van der Waals surface area contributed by atoms with E-state index in [1.54, 1.807) is 0 Å². The first-order chi connectivity index (χ1) is 13.1. The quantitative estimate of drug-likeness (QED) is 0.408. The van der Waals surface area contributed by atoms with Gasteiger partial charge >= 0.3 is 0 Å². The van der Waals surface area contributed by atoms with Crippen molar-refractivity contribution in [2.75, 3.05) is 31.6 Å². The highest BCUT2D eigenvalue weighted by molar-refractivity contribution is 5.95. The van der Waals surface area contributed by atoms with E-state index in [1.807, 2.05) is 36.4 Å². The van der Waals surface area contributed by atoms with Gasteiger partial charge < -0.3 is 20.7 Å². The maximum absolute atomic E-state index is 7.52. The molecule has 5 nitrogen and oxygen atoms in total. The van der Waals surface area contributed by atoms with Crippen LogP contribution < -0.4 is 20.7 Å². The molecule has 0 bridgehead atoms. The molecule has 1 saturated heterocycles. The summed E-state index contributed by atoms with van der Waals surface area (Å²) in [7, 11) is 2.07. The second-order valence-corrected chi connectivity index (χ2v) is 6.88. The lowest BCUT2D eigenvalue weighted by Gasteiger charge is -2.24. The summed E-state index contributed by atoms with van der Waals surface area (Å²) in [6.07, 6.45) is 6.62. The topological polar surface area (TPSA) is 74.4 Å². The van der Waals surface area contributed by atoms with E-state index in [1.165, 1.54) is 0 Å². The molecule has 4 N–H and O–H groups in total. The maximum Gasteiger partial charge on any atom is 0.122 e. The van der Waals surface area contributed by atoms with Gasteiger partial charge in [0.2, 0.25) is 0 Å². The van der Waals surface area contributed by atoms with E-state index in [0.29, 0.717) is 6.10 Å². The van der Waals surface area contributed by atoms with Gasteiger partial charge in [-0.1, -0.05) is 30.4 Å². The number of amidine groups is 1. The molecule has 2 aromatic carbocycles. The average molecular weight is 474 g/mol. The molecule has 0 aliphatic carbocycles. The number of likely N-dealkylation sites (N-methyl/N-ethyl adjacent to an activating group) is 1. The molecule has 1 aliphatic rings. The van der Waals surface area contributed by atoms with Crippen molar-refractivity contribution >= 4 is 54.8 Å². The number of halogens is 3. The van der Waals surface area contributed by atoms with Gasteiger partial charge in [0.25, 0.3) is 0 Å². The molecule has 166 valence electrons. The lowest BCUT2D eigenvalue weighted by Crippen LogP contribution is -2.34. The van der Waals surface area contributed by atoms with Crippen LogP contribution >= 0.6 is 37.2 Å². The number of nitrogens with one attached hydrogen (secondary N) is 2. The molecule has 1 heterocycles. The van der Waals surface area contributed by atoms with Gasteiger partial charge in [0.1, 0.15) is 17.7 Å². The van der Waals surface area contributed by atoms with Crippen LogP contribution in [0, 0.1) is 5.41 Å². The van der Waals surface area contributed by atoms with Crippen molar-refractivity contribution in [3.8, 4) is 5.75 Å². The maximum atomic E-state index is 7.52. The number of nitrogens with zero attached hydrogens (tertiary/aromatic N) is 1. The highest BCUT2D eigenvalue weighted by Gasteiger charge is 2.14. The van der Waals surface area contributed by atoms with E-state index in [9.17, 15) is 0 Å². The number of piperidine rings is 1. The molecule has 2 aromatic rings. The molecule has 3 rings (SSSR count). The molecule has 0 saturated carbocycles. The van der Waals surface area contributed by atoms with Crippen LogP contribution in [0.1, 0.15) is 24.0 Å². The predicted octanol–water partition coefficient (Wildman–Crippen LogP) is 4.52. The zero-order chi connectivity index (χ0) is 19.1. The Balaban J connectivity index is 0.00000280. The van der Waals surface area contributed by atoms with Gasteiger partial charge in [-0.05, 0) is 61.8 Å². The van der Waals surface area contributed by atoms with Gasteiger partial charge in [-0.15, -0.1) is 37.2 Å². The summed E-state index contributed by atoms with van der Waals surface area (Å²) < 4.78 is 6.06. The second-order valence-electron chi connectivity index (χ2n) is 6.88. The summed E-state index contributed by atoms with van der Waals surface area (Å²) in [6.45, 7) is 2.86. The monoisotopic (exact) mass is 472 g/mol. The molecule has 1 fully saturated rings. The fraction of sp³-hybridized carbons (Fsp3) is 0.318. The zero-order valence-electron chi connectivity index (χ0n) is 17.0. The highest BCUT2D eigenvalue weighted by Crippen LogP contribution is 2.21. The third-order valence-corrected chi connectivity index (χ3v) is 4.75. The van der Waals surface area contributed by atoms with Crippen molar-refractivity contribution in [2.24, 2.45) is 5.73 Å². The second kappa shape index (κ2) is 14.1. The van der Waals surface area contributed by atoms with Gasteiger partial charge in [0, 0.05) is 24.8 Å². The van der Waals surface area contributed by atoms with Crippen molar-refractivity contribution in [2.45, 2.75) is 18.9 Å². The summed E-state index contributed by atoms with van der Waals surface area (Å²) in [6, 6.07) is 16.0. The minimum atomic E-state index is 0. The summed E-state index contributed by atoms with van der Waals surface area (Å²) in [5.41, 5.74) is 8.48. The van der Waals surface area contributed by atoms with Crippen molar-refractivity contribution in [3.63, 3.8) is 0 Å². The molecule has 0 spiro atoms. The van der Waals surface area contributed by atoms with Gasteiger partial charge in [-0.3, -0.25) is 5.41 Å². The number of nitrogens with two attached hydrogens (primary N) is 1. The number of nitrogen functional groups attached to an aromatic ring is 1. The van der Waals surface area contributed by atoms with Crippen molar-refractivity contribution in [3.05, 3.63) is 65.7 Å². The van der Waals surface area contributed by atoms with Gasteiger partial charge in [-0.25, -0.2) is 0 Å². The van der Waals surface area contributed by atoms with Gasteiger partial charge in [-0.2, -0.15) is 0 Å². The Bertz CT molecular complexity index is 793. The zero-order valence-corrected chi connectivity index (χ0v) is 19.5. The molecule has 0 unspecified atom stereocenters. The molecule has 0 atom stereocenters. The molecule has 8 heteroatoms. The fourth-order valence-corrected chi connectivity index (χ4v) is 3.15. The van der Waals surface area contributed by atoms with E-state index < -0.39 is 0 Å². The van der Waals surface area contributed by atoms with Gasteiger partial charge in [0.15, 0.2) is 0 Å². The Labute approximate surface area is 197 Å². The van der Waals surface area contributed by atoms with E-state index in [2.05, 4.69) is 41.5 Å². The van der Waals surface area contributed by atoms with Gasteiger partial charge in [0.05, 0.1) is 0 Å². The van der Waals surface area contributed by atoms with Crippen LogP contribution in [0.15, 0.2) is 54.6 Å². The van der Waals surface area contributed by atoms with E-state index in [-0.39, 0.29) is 43.1 Å². The van der Waals surface area contributed by atoms with Crippen LogP contribution in [0.5, 0.6) is 5.75 Å². The number of rotatable bonds is 7. The third-order valence-electron chi connectivity index (χ3n) is 4.75. The first-order valence-corrected chi connectivity index (χ1v) is 9.41. The summed E-state index contributed by atoms with van der Waals surface area (Å²) in [5.74, 6) is 1.03. The summed E-state index contributed by atoms with van der Waals surface area (Å²) >= 11 is 0. The Morgan fingerprint density at radius 2 is 1.80 bits per heavy atom. The fourth-order valence-electron chi connectivity index (χ4n) is 3.15. The largest absolute Gasteiger partial charge is 0.490 e. The lowest BCUT2D eigenvalue weighted by molar-refractivity contribution is 0.162. The Morgan fingerprint density at radius 3 is 2.43 bits per heavy atom. The average Bonchev–Trinajstić information content (AvgIpc) is 2.69. The minimum Gasteiger partial charge on any atom is -0.490 e. The highest BCUT2D eigenvalue weighted by atomic mass is 35.5. The van der Waals surface area contributed by atoms with Crippen LogP contribution in [0.3, 0.4) is 0 Å². The number of anilines is 1. The summed E-state index contributed by atoms with van der Waals surface area (Å²) in [5, 5.41) is 10.9. The van der Waals surface area contributed by atoms with Crippen molar-refractivity contribution < 1.29 is 4.74 Å². The molecule has 1 aliphatic heterocycles. The Hall–Kier alpha value is -1.92. The molecule has 0 aromatic heterocycles. The number of ether oxygens (including phenoxy) is 1. The summed E-state index contributed by atoms with van der Waals surface area (Å²) in [4.78, 5) is 2.18. The van der Waals surface area contributed by atoms with Crippen molar-refractivity contribution in [1.29, 1.82) is 5.41 Å². The first kappa shape index (κ1) is 28.1. The standard InChI is InChI=1S/C22H28N4O.3ClH/c1-26(15-3-5-17-4-2-6-18(16-17)22(23)24)19-7-9-20(10-8-19)27-21-11-13-25-14-12-21;;;/h2-10,16,21,25H,11-15H2,1H3,(H3,23,24);3*1H. The van der Waals surface area contributed by atoms with Crippen LogP contribution in [0.25, 0.3) is 6.08 Å². The molecular weight excluding hydrogens is 443 g/mol. The SMILES string of the molecule is CN(CC=Cc1cccc(C(=N)N)c1)c1ccc(OC2CCNCC2)cc1.Cl.Cl.Cl. The van der Waals surface area contributed by atoms with Crippen molar-refractivity contribution in [1.82, 2.24) is 5.32 Å². The van der Waals surface area contributed by atoms with E-state index in [4.69, 9.17) is 15.9 Å². The molecule has 0 amide bonds. The number of hydrogen-bond acceptors (Lipinski definition) is 4. The van der Waals surface area contributed by atoms with Crippen LogP contribution in [0.2, 0.25) is 0 Å². The number of benzene rings is 2. The smallest absolute Gasteiger partial charge is 0.122 e. The van der Waals surface area contributed by atoms with E-state index in [0.717, 1.165) is 55.0 Å². The number of hydrogen-bond donors (Lipinski definition) is 3. The molecule has 30 heavy (non-hydrogen) atoms. The predicted molar refractivity (Wildman–Crippen MR) is 134 cm³/mol. The lowest BCUT2D eigenvalue weighted by atomic mass is 10.1. The normalized spacial score (nSPS) is 13.5. The third kappa shape index (κ3) is 8.44. The Morgan fingerprint density at radius 1 is 1.13 bits per heavy atom. The van der Waals surface area contributed by atoms with E-state index >= 15 is 0 Å². The first-order valence-electron chi connectivity index (χ1n) is 9.41. The molecule has 0 radical (unpaired) electrons. The van der Waals surface area contributed by atoms with Crippen LogP contribution in [-0.4, -0.2) is 38.6 Å². The van der Waals surface area contributed by atoms with Crippen LogP contribution in [-0.2, 0) is 0 Å².